The maximum absolute atomic E-state index is 11.7. The number of hydrogen-bond acceptors (Lipinski definition) is 4. The summed E-state index contributed by atoms with van der Waals surface area (Å²) in [6.07, 6.45) is 4.39. The van der Waals surface area contributed by atoms with Gasteiger partial charge in [0.2, 0.25) is 0 Å². The van der Waals surface area contributed by atoms with Crippen LogP contribution in [-0.2, 0) is 4.79 Å². The van der Waals surface area contributed by atoms with Crippen LogP contribution < -0.4 is 10.1 Å². The van der Waals surface area contributed by atoms with Crippen LogP contribution in [0.1, 0.15) is 49.2 Å². The van der Waals surface area contributed by atoms with Crippen molar-refractivity contribution in [2.75, 3.05) is 6.61 Å². The number of aromatic carboxylic acids is 1. The number of unbranched alkanes of at least 4 members (excludes halogenated alkanes) is 2. The Labute approximate surface area is 123 Å². The van der Waals surface area contributed by atoms with Gasteiger partial charge < -0.3 is 15.2 Å². The van der Waals surface area contributed by atoms with Crippen molar-refractivity contribution in [1.82, 2.24) is 5.32 Å². The molecule has 112 valence electrons. The van der Waals surface area contributed by atoms with Crippen molar-refractivity contribution in [3.63, 3.8) is 0 Å². The number of carboxylic acid groups (broad SMARTS) is 1. The van der Waals surface area contributed by atoms with E-state index in [4.69, 9.17) is 9.84 Å². The third-order valence-corrected chi connectivity index (χ3v) is 3.70. The highest BCUT2D eigenvalue weighted by Crippen LogP contribution is 2.21. The monoisotopic (exact) mass is 299 g/mol. The Kier molecular flexibility index (Phi) is 7.08. The second kappa shape index (κ2) is 8.58. The van der Waals surface area contributed by atoms with Crippen LogP contribution in [0.5, 0.6) is 5.75 Å². The summed E-state index contributed by atoms with van der Waals surface area (Å²) >= 11 is 1.08. The Morgan fingerprint density at radius 1 is 1.45 bits per heavy atom. The summed E-state index contributed by atoms with van der Waals surface area (Å²) in [5.41, 5.74) is 0. The molecule has 0 radical (unpaired) electrons. The summed E-state index contributed by atoms with van der Waals surface area (Å²) in [5, 5.41) is 13.2. The zero-order valence-corrected chi connectivity index (χ0v) is 12.7. The Morgan fingerprint density at radius 2 is 2.20 bits per heavy atom. The van der Waals surface area contributed by atoms with E-state index < -0.39 is 5.97 Å². The quantitative estimate of drug-likeness (QED) is 0.687. The average Bonchev–Trinajstić information content (AvgIpc) is 2.85. The van der Waals surface area contributed by atoms with E-state index in [1.807, 2.05) is 6.92 Å². The average molecular weight is 299 g/mol. The van der Waals surface area contributed by atoms with Crippen molar-refractivity contribution in [2.24, 2.45) is 0 Å². The molecule has 1 rings (SSSR count). The Bertz CT molecular complexity index is 444. The van der Waals surface area contributed by atoms with Crippen LogP contribution in [0.15, 0.2) is 11.4 Å². The molecular formula is C14H21NO4S. The Hall–Kier alpha value is -1.56. The molecule has 1 atom stereocenters. The lowest BCUT2D eigenvalue weighted by Crippen LogP contribution is -2.36. The summed E-state index contributed by atoms with van der Waals surface area (Å²) in [5.74, 6) is -0.753. The zero-order chi connectivity index (χ0) is 15.0. The molecule has 0 fully saturated rings. The third kappa shape index (κ3) is 6.06. The van der Waals surface area contributed by atoms with E-state index in [0.717, 1.165) is 30.6 Å². The van der Waals surface area contributed by atoms with Gasteiger partial charge in [0.25, 0.3) is 5.91 Å². The number of carbonyl (C=O) groups is 2. The van der Waals surface area contributed by atoms with Gasteiger partial charge in [-0.3, -0.25) is 4.79 Å². The van der Waals surface area contributed by atoms with Gasteiger partial charge in [-0.1, -0.05) is 26.2 Å². The van der Waals surface area contributed by atoms with E-state index in [1.54, 1.807) is 5.38 Å². The summed E-state index contributed by atoms with van der Waals surface area (Å²) in [6, 6.07) is 1.56. The van der Waals surface area contributed by atoms with Gasteiger partial charge in [-0.25, -0.2) is 4.79 Å². The Balaban J connectivity index is 2.26. The first-order chi connectivity index (χ1) is 9.52. The van der Waals surface area contributed by atoms with Crippen LogP contribution in [0.3, 0.4) is 0 Å². The van der Waals surface area contributed by atoms with Gasteiger partial charge >= 0.3 is 5.97 Å². The second-order valence-corrected chi connectivity index (χ2v) is 5.62. The minimum absolute atomic E-state index is 0.0894. The van der Waals surface area contributed by atoms with E-state index in [9.17, 15) is 9.59 Å². The number of amides is 1. The van der Waals surface area contributed by atoms with Gasteiger partial charge in [0.1, 0.15) is 10.6 Å². The number of rotatable bonds is 9. The van der Waals surface area contributed by atoms with Crippen molar-refractivity contribution in [2.45, 2.75) is 45.6 Å². The molecular weight excluding hydrogens is 278 g/mol. The number of carbonyl (C=O) groups excluding carboxylic acids is 1. The van der Waals surface area contributed by atoms with Crippen LogP contribution in [-0.4, -0.2) is 29.6 Å². The van der Waals surface area contributed by atoms with E-state index in [2.05, 4.69) is 12.2 Å². The highest BCUT2D eigenvalue weighted by atomic mass is 32.1. The van der Waals surface area contributed by atoms with Gasteiger partial charge in [0.05, 0.1) is 0 Å². The van der Waals surface area contributed by atoms with Gasteiger partial charge in [0.15, 0.2) is 6.61 Å². The first-order valence-corrected chi connectivity index (χ1v) is 7.65. The standard InChI is InChI=1S/C14H21NO4S/c1-3-4-5-6-10(2)15-13(16)8-19-11-7-12(14(17)18)20-9-11/h7,9-10H,3-6,8H2,1-2H3,(H,15,16)(H,17,18). The summed E-state index contributed by atoms with van der Waals surface area (Å²) in [4.78, 5) is 22.6. The molecule has 0 aromatic carbocycles. The van der Waals surface area contributed by atoms with Crippen molar-refractivity contribution < 1.29 is 19.4 Å². The number of hydrogen-bond donors (Lipinski definition) is 2. The van der Waals surface area contributed by atoms with Crippen LogP contribution in [0.4, 0.5) is 0 Å². The highest BCUT2D eigenvalue weighted by molar-refractivity contribution is 7.12. The van der Waals surface area contributed by atoms with Gasteiger partial charge in [-0.15, -0.1) is 11.3 Å². The fourth-order valence-corrected chi connectivity index (χ4v) is 2.41. The zero-order valence-electron chi connectivity index (χ0n) is 11.8. The first-order valence-electron chi connectivity index (χ1n) is 6.77. The molecule has 0 aliphatic heterocycles. The molecule has 2 N–H and O–H groups in total. The van der Waals surface area contributed by atoms with Gasteiger partial charge in [0, 0.05) is 17.5 Å². The SMILES string of the molecule is CCCCCC(C)NC(=O)COc1csc(C(=O)O)c1. The molecule has 1 heterocycles. The maximum atomic E-state index is 11.7. The van der Waals surface area contributed by atoms with E-state index in [-0.39, 0.29) is 23.4 Å². The molecule has 6 heteroatoms. The predicted octanol–water partition coefficient (Wildman–Crippen LogP) is 2.91. The molecule has 0 spiro atoms. The lowest BCUT2D eigenvalue weighted by Gasteiger charge is -2.13. The summed E-state index contributed by atoms with van der Waals surface area (Å²) in [6.45, 7) is 4.03. The third-order valence-electron chi connectivity index (χ3n) is 2.80. The molecule has 1 aromatic rings. The minimum atomic E-state index is -0.987. The Morgan fingerprint density at radius 3 is 2.80 bits per heavy atom. The number of ether oxygens (including phenoxy) is 1. The fourth-order valence-electron chi connectivity index (χ4n) is 1.74. The molecule has 0 aliphatic carbocycles. The lowest BCUT2D eigenvalue weighted by molar-refractivity contribution is -0.123. The van der Waals surface area contributed by atoms with Crippen molar-refractivity contribution in [3.05, 3.63) is 16.3 Å². The van der Waals surface area contributed by atoms with Gasteiger partial charge in [-0.05, 0) is 13.3 Å². The van der Waals surface area contributed by atoms with Crippen molar-refractivity contribution in [1.29, 1.82) is 0 Å². The van der Waals surface area contributed by atoms with Crippen molar-refractivity contribution in [3.8, 4) is 5.75 Å². The second-order valence-electron chi connectivity index (χ2n) is 4.70. The number of thiophene rings is 1. The molecule has 20 heavy (non-hydrogen) atoms. The highest BCUT2D eigenvalue weighted by Gasteiger charge is 2.10. The smallest absolute Gasteiger partial charge is 0.346 e. The summed E-state index contributed by atoms with van der Waals surface area (Å²) < 4.78 is 5.26. The molecule has 0 saturated heterocycles. The molecule has 0 aliphatic rings. The minimum Gasteiger partial charge on any atom is -0.483 e. The lowest BCUT2D eigenvalue weighted by atomic mass is 10.1. The van der Waals surface area contributed by atoms with E-state index in [1.165, 1.54) is 12.5 Å². The molecule has 5 nitrogen and oxygen atoms in total. The maximum Gasteiger partial charge on any atom is 0.346 e. The molecule has 1 amide bonds. The van der Waals surface area contributed by atoms with Crippen LogP contribution in [0.25, 0.3) is 0 Å². The first kappa shape index (κ1) is 16.5. The van der Waals surface area contributed by atoms with Crippen molar-refractivity contribution >= 4 is 23.2 Å². The molecule has 0 saturated carbocycles. The van der Waals surface area contributed by atoms with Crippen LogP contribution in [0.2, 0.25) is 0 Å². The van der Waals surface area contributed by atoms with Crippen LogP contribution in [0, 0.1) is 0 Å². The van der Waals surface area contributed by atoms with Crippen LogP contribution >= 0.6 is 11.3 Å². The van der Waals surface area contributed by atoms with E-state index >= 15 is 0 Å². The molecule has 1 aromatic heterocycles. The predicted molar refractivity (Wildman–Crippen MR) is 78.5 cm³/mol. The fraction of sp³-hybridized carbons (Fsp3) is 0.571. The normalized spacial score (nSPS) is 11.9. The molecule has 1 unspecified atom stereocenters. The summed E-state index contributed by atoms with van der Waals surface area (Å²) in [7, 11) is 0. The largest absolute Gasteiger partial charge is 0.483 e. The van der Waals surface area contributed by atoms with Gasteiger partial charge in [-0.2, -0.15) is 0 Å². The topological polar surface area (TPSA) is 75.6 Å². The number of carboxylic acids is 1. The molecule has 0 bridgehead atoms. The van der Waals surface area contributed by atoms with E-state index in [0.29, 0.717) is 5.75 Å². The number of nitrogens with one attached hydrogen (secondary N) is 1.